The lowest BCUT2D eigenvalue weighted by molar-refractivity contribution is 0.0937. The minimum absolute atomic E-state index is 0.224. The molecular formula is C22H27N3O3. The number of amides is 2. The smallest absolute Gasteiger partial charge is 0.255 e. The Balaban J connectivity index is 1.61. The zero-order valence-corrected chi connectivity index (χ0v) is 16.2. The van der Waals surface area contributed by atoms with Gasteiger partial charge in [-0.15, -0.1) is 0 Å². The van der Waals surface area contributed by atoms with Gasteiger partial charge in [-0.2, -0.15) is 0 Å². The van der Waals surface area contributed by atoms with Gasteiger partial charge in [-0.1, -0.05) is 6.07 Å². The van der Waals surface area contributed by atoms with Crippen molar-refractivity contribution >= 4 is 23.2 Å². The summed E-state index contributed by atoms with van der Waals surface area (Å²) in [6.45, 7) is 3.05. The van der Waals surface area contributed by atoms with Gasteiger partial charge in [-0.05, 0) is 61.7 Å². The van der Waals surface area contributed by atoms with Gasteiger partial charge in [0.1, 0.15) is 0 Å². The second-order valence-corrected chi connectivity index (χ2v) is 6.88. The van der Waals surface area contributed by atoms with E-state index in [4.69, 9.17) is 4.74 Å². The van der Waals surface area contributed by atoms with Crippen LogP contribution in [0.2, 0.25) is 0 Å². The van der Waals surface area contributed by atoms with Crippen LogP contribution in [0.4, 0.5) is 11.4 Å². The van der Waals surface area contributed by atoms with Crippen molar-refractivity contribution in [1.29, 1.82) is 0 Å². The van der Waals surface area contributed by atoms with E-state index in [1.807, 2.05) is 24.3 Å². The van der Waals surface area contributed by atoms with E-state index in [0.717, 1.165) is 18.8 Å². The van der Waals surface area contributed by atoms with Crippen LogP contribution in [0.15, 0.2) is 48.5 Å². The fraction of sp³-hybridized carbons (Fsp3) is 0.364. The van der Waals surface area contributed by atoms with E-state index in [1.54, 1.807) is 31.4 Å². The second kappa shape index (κ2) is 9.90. The quantitative estimate of drug-likeness (QED) is 0.722. The molecule has 1 fully saturated rings. The molecule has 1 heterocycles. The van der Waals surface area contributed by atoms with Crippen molar-refractivity contribution in [3.05, 3.63) is 59.7 Å². The third-order valence-electron chi connectivity index (χ3n) is 4.83. The predicted molar refractivity (Wildman–Crippen MR) is 111 cm³/mol. The zero-order valence-electron chi connectivity index (χ0n) is 16.2. The summed E-state index contributed by atoms with van der Waals surface area (Å²) in [5, 5.41) is 5.65. The Morgan fingerprint density at radius 1 is 0.964 bits per heavy atom. The van der Waals surface area contributed by atoms with E-state index in [0.29, 0.717) is 24.3 Å². The Morgan fingerprint density at radius 3 is 2.32 bits per heavy atom. The number of benzene rings is 2. The Kier molecular flexibility index (Phi) is 7.03. The molecule has 28 heavy (non-hydrogen) atoms. The molecule has 6 heteroatoms. The first-order valence-electron chi connectivity index (χ1n) is 9.71. The molecule has 2 aromatic carbocycles. The maximum Gasteiger partial charge on any atom is 0.255 e. The Labute approximate surface area is 165 Å². The number of hydrogen-bond acceptors (Lipinski definition) is 4. The molecule has 1 aliphatic rings. The van der Waals surface area contributed by atoms with Crippen molar-refractivity contribution in [3.63, 3.8) is 0 Å². The van der Waals surface area contributed by atoms with Gasteiger partial charge in [0.15, 0.2) is 0 Å². The summed E-state index contributed by atoms with van der Waals surface area (Å²) >= 11 is 0. The van der Waals surface area contributed by atoms with E-state index < -0.39 is 0 Å². The molecule has 0 bridgehead atoms. The van der Waals surface area contributed by atoms with Crippen LogP contribution in [-0.2, 0) is 4.74 Å². The molecule has 6 nitrogen and oxygen atoms in total. The lowest BCUT2D eigenvalue weighted by Crippen LogP contribution is -2.29. The van der Waals surface area contributed by atoms with Crippen LogP contribution >= 0.6 is 0 Å². The van der Waals surface area contributed by atoms with Crippen molar-refractivity contribution in [3.8, 4) is 0 Å². The number of methoxy groups -OCH3 is 1. The predicted octanol–water partition coefficient (Wildman–Crippen LogP) is 3.31. The maximum atomic E-state index is 12.6. The average Bonchev–Trinajstić information content (AvgIpc) is 2.75. The lowest BCUT2D eigenvalue weighted by Gasteiger charge is -2.28. The van der Waals surface area contributed by atoms with Gasteiger partial charge in [-0.3, -0.25) is 9.59 Å². The van der Waals surface area contributed by atoms with Crippen LogP contribution in [-0.4, -0.2) is 45.2 Å². The minimum atomic E-state index is -0.239. The molecule has 0 spiro atoms. The highest BCUT2D eigenvalue weighted by Gasteiger charge is 2.13. The standard InChI is InChI=1S/C22H27N3O3/c1-28-15-12-23-21(26)17-6-5-7-18(16-17)22(27)24-19-8-10-20(11-9-19)25-13-3-2-4-14-25/h5-11,16H,2-4,12-15H2,1H3,(H,23,26)(H,24,27). The van der Waals surface area contributed by atoms with Crippen LogP contribution in [0.5, 0.6) is 0 Å². The van der Waals surface area contributed by atoms with Gasteiger partial charge in [0, 0.05) is 49.2 Å². The number of nitrogens with zero attached hydrogens (tertiary/aromatic N) is 1. The number of piperidine rings is 1. The number of ether oxygens (including phenoxy) is 1. The Bertz CT molecular complexity index is 799. The number of nitrogens with one attached hydrogen (secondary N) is 2. The molecular weight excluding hydrogens is 354 g/mol. The van der Waals surface area contributed by atoms with Gasteiger partial charge in [0.05, 0.1) is 6.61 Å². The first-order chi connectivity index (χ1) is 13.7. The van der Waals surface area contributed by atoms with E-state index >= 15 is 0 Å². The molecule has 2 N–H and O–H groups in total. The largest absolute Gasteiger partial charge is 0.383 e. The van der Waals surface area contributed by atoms with E-state index in [2.05, 4.69) is 15.5 Å². The van der Waals surface area contributed by atoms with Gasteiger partial charge in [-0.25, -0.2) is 0 Å². The zero-order chi connectivity index (χ0) is 19.8. The third-order valence-corrected chi connectivity index (χ3v) is 4.83. The topological polar surface area (TPSA) is 70.7 Å². The van der Waals surface area contributed by atoms with E-state index in [1.165, 1.54) is 24.9 Å². The fourth-order valence-electron chi connectivity index (χ4n) is 3.28. The number of rotatable bonds is 7. The molecule has 2 amide bonds. The number of hydrogen-bond donors (Lipinski definition) is 2. The van der Waals surface area contributed by atoms with Crippen LogP contribution in [0.25, 0.3) is 0 Å². The van der Waals surface area contributed by atoms with Crippen molar-refractivity contribution in [2.75, 3.05) is 43.6 Å². The summed E-state index contributed by atoms with van der Waals surface area (Å²) in [5.41, 5.74) is 2.82. The first kappa shape index (κ1) is 19.9. The van der Waals surface area contributed by atoms with Gasteiger partial charge < -0.3 is 20.3 Å². The molecule has 0 atom stereocenters. The molecule has 0 aliphatic carbocycles. The average molecular weight is 381 g/mol. The van der Waals surface area contributed by atoms with Crippen LogP contribution < -0.4 is 15.5 Å². The summed E-state index contributed by atoms with van der Waals surface area (Å²) < 4.78 is 4.92. The molecule has 0 radical (unpaired) electrons. The summed E-state index contributed by atoms with van der Waals surface area (Å²) in [6, 6.07) is 14.6. The van der Waals surface area contributed by atoms with Crippen LogP contribution in [0, 0.1) is 0 Å². The van der Waals surface area contributed by atoms with E-state index in [-0.39, 0.29) is 11.8 Å². The highest BCUT2D eigenvalue weighted by atomic mass is 16.5. The maximum absolute atomic E-state index is 12.6. The Morgan fingerprint density at radius 2 is 1.64 bits per heavy atom. The summed E-state index contributed by atoms with van der Waals surface area (Å²) in [5.74, 6) is -0.463. The van der Waals surface area contributed by atoms with Crippen molar-refractivity contribution < 1.29 is 14.3 Å². The molecule has 2 aromatic rings. The minimum Gasteiger partial charge on any atom is -0.383 e. The molecule has 0 saturated carbocycles. The SMILES string of the molecule is COCCNC(=O)c1cccc(C(=O)Nc2ccc(N3CCCCC3)cc2)c1. The molecule has 1 aliphatic heterocycles. The van der Waals surface area contributed by atoms with Gasteiger partial charge >= 0.3 is 0 Å². The highest BCUT2D eigenvalue weighted by Crippen LogP contribution is 2.22. The number of carbonyl (C=O) groups is 2. The molecule has 1 saturated heterocycles. The molecule has 0 aromatic heterocycles. The van der Waals surface area contributed by atoms with Crippen molar-refractivity contribution in [2.45, 2.75) is 19.3 Å². The second-order valence-electron chi connectivity index (χ2n) is 6.88. The number of carbonyl (C=O) groups excluding carboxylic acids is 2. The van der Waals surface area contributed by atoms with Gasteiger partial charge in [0.25, 0.3) is 11.8 Å². The first-order valence-corrected chi connectivity index (χ1v) is 9.71. The number of anilines is 2. The molecule has 3 rings (SSSR count). The summed E-state index contributed by atoms with van der Waals surface area (Å²) in [4.78, 5) is 27.1. The Hall–Kier alpha value is -2.86. The summed E-state index contributed by atoms with van der Waals surface area (Å²) in [7, 11) is 1.58. The monoisotopic (exact) mass is 381 g/mol. The van der Waals surface area contributed by atoms with Crippen LogP contribution in [0.3, 0.4) is 0 Å². The van der Waals surface area contributed by atoms with Crippen LogP contribution in [0.1, 0.15) is 40.0 Å². The third kappa shape index (κ3) is 5.33. The lowest BCUT2D eigenvalue weighted by atomic mass is 10.1. The van der Waals surface area contributed by atoms with Crippen molar-refractivity contribution in [2.24, 2.45) is 0 Å². The fourth-order valence-corrected chi connectivity index (χ4v) is 3.28. The molecule has 148 valence electrons. The normalized spacial score (nSPS) is 13.8. The summed E-state index contributed by atoms with van der Waals surface area (Å²) in [6.07, 6.45) is 3.76. The van der Waals surface area contributed by atoms with Gasteiger partial charge in [0.2, 0.25) is 0 Å². The van der Waals surface area contributed by atoms with E-state index in [9.17, 15) is 9.59 Å². The van der Waals surface area contributed by atoms with Crippen molar-refractivity contribution in [1.82, 2.24) is 5.32 Å². The molecule has 0 unspecified atom stereocenters. The highest BCUT2D eigenvalue weighted by molar-refractivity contribution is 6.06.